The lowest BCUT2D eigenvalue weighted by Gasteiger charge is -2.22. The second-order valence-electron chi connectivity index (χ2n) is 9.04. The zero-order valence-corrected chi connectivity index (χ0v) is 19.9. The highest BCUT2D eigenvalue weighted by Crippen LogP contribution is 2.39. The molecule has 0 aliphatic carbocycles. The Labute approximate surface area is 207 Å². The van der Waals surface area contributed by atoms with Crippen LogP contribution in [0.15, 0.2) is 30.6 Å². The number of fused-ring (bicyclic) bond motifs is 1. The summed E-state index contributed by atoms with van der Waals surface area (Å²) in [6.07, 6.45) is -5.42. The van der Waals surface area contributed by atoms with E-state index in [-0.39, 0.29) is 34.9 Å². The number of hydrogen-bond acceptors (Lipinski definition) is 6. The molecule has 1 aliphatic rings. The zero-order chi connectivity index (χ0) is 27.3. The fourth-order valence-corrected chi connectivity index (χ4v) is 4.22. The molecule has 4 rings (SSSR count). The van der Waals surface area contributed by atoms with Gasteiger partial charge in [0.15, 0.2) is 11.5 Å². The van der Waals surface area contributed by atoms with E-state index in [1.54, 1.807) is 0 Å². The van der Waals surface area contributed by atoms with Gasteiger partial charge in [0.25, 0.3) is 11.8 Å². The Morgan fingerprint density at radius 2 is 1.86 bits per heavy atom. The number of aromatic nitrogens is 3. The molecule has 0 unspecified atom stereocenters. The second kappa shape index (κ2) is 9.16. The minimum atomic E-state index is -4.76. The van der Waals surface area contributed by atoms with Crippen LogP contribution in [0, 0.1) is 0 Å². The lowest BCUT2D eigenvalue weighted by atomic mass is 10.1. The van der Waals surface area contributed by atoms with Gasteiger partial charge in [-0.1, -0.05) is 0 Å². The third kappa shape index (κ3) is 4.87. The first-order valence-electron chi connectivity index (χ1n) is 11.0. The Kier molecular flexibility index (Phi) is 6.46. The van der Waals surface area contributed by atoms with Gasteiger partial charge in [0.05, 0.1) is 36.5 Å². The number of carbonyl (C=O) groups is 2. The number of methoxy groups -OCH3 is 1. The number of amides is 2. The Bertz CT molecular complexity index is 1370. The highest BCUT2D eigenvalue weighted by atomic mass is 19.4. The van der Waals surface area contributed by atoms with E-state index in [0.717, 1.165) is 35.7 Å². The van der Waals surface area contributed by atoms with Crippen LogP contribution < -0.4 is 15.8 Å². The average Bonchev–Trinajstić information content (AvgIpc) is 3.39. The van der Waals surface area contributed by atoms with E-state index >= 15 is 0 Å². The molecule has 2 atom stereocenters. The number of nitrogens with two attached hydrogens (primary N) is 1. The van der Waals surface area contributed by atoms with E-state index in [2.05, 4.69) is 15.4 Å². The Morgan fingerprint density at radius 3 is 2.49 bits per heavy atom. The number of benzene rings is 1. The third-order valence-corrected chi connectivity index (χ3v) is 5.99. The van der Waals surface area contributed by atoms with Crippen LogP contribution in [0.3, 0.4) is 0 Å². The number of rotatable bonds is 5. The smallest absolute Gasteiger partial charge is 0.418 e. The molecule has 3 N–H and O–H groups in total. The Morgan fingerprint density at radius 1 is 1.16 bits per heavy atom. The van der Waals surface area contributed by atoms with Crippen molar-refractivity contribution in [2.75, 3.05) is 25.9 Å². The van der Waals surface area contributed by atoms with Gasteiger partial charge < -0.3 is 20.7 Å². The van der Waals surface area contributed by atoms with Crippen LogP contribution in [-0.2, 0) is 11.0 Å². The number of nitrogen functional groups attached to an aromatic ring is 1. The van der Waals surface area contributed by atoms with E-state index in [4.69, 9.17) is 10.5 Å². The molecule has 2 aromatic heterocycles. The van der Waals surface area contributed by atoms with Gasteiger partial charge in [0, 0.05) is 12.1 Å². The number of nitrogens with zero attached hydrogens (tertiary/aromatic N) is 4. The first kappa shape index (κ1) is 26.1. The number of anilines is 1. The predicted octanol–water partition coefficient (Wildman–Crippen LogP) is 3.03. The molecule has 0 bridgehead atoms. The molecule has 14 heteroatoms. The lowest BCUT2D eigenvalue weighted by Crippen LogP contribution is -2.44. The number of halogens is 5. The lowest BCUT2D eigenvalue weighted by molar-refractivity contribution is -0.141. The molecule has 3 heterocycles. The first-order chi connectivity index (χ1) is 17.2. The molecule has 2 amide bonds. The maximum absolute atomic E-state index is 14.6. The molecule has 1 fully saturated rings. The molecule has 0 radical (unpaired) electrons. The van der Waals surface area contributed by atoms with Crippen molar-refractivity contribution >= 4 is 23.1 Å². The minimum Gasteiger partial charge on any atom is -0.496 e. The maximum Gasteiger partial charge on any atom is 0.418 e. The van der Waals surface area contributed by atoms with Crippen LogP contribution in [0.1, 0.15) is 29.8 Å². The summed E-state index contributed by atoms with van der Waals surface area (Å²) in [4.78, 5) is 29.9. The number of likely N-dealkylation sites (tertiary alicyclic amines) is 1. The van der Waals surface area contributed by atoms with Crippen molar-refractivity contribution in [1.29, 1.82) is 0 Å². The highest BCUT2D eigenvalue weighted by Gasteiger charge is 2.42. The monoisotopic (exact) mass is 526 g/mol. The van der Waals surface area contributed by atoms with Gasteiger partial charge in [-0.15, -0.1) is 0 Å². The molecule has 1 aliphatic heterocycles. The average molecular weight is 526 g/mol. The van der Waals surface area contributed by atoms with Gasteiger partial charge >= 0.3 is 6.18 Å². The summed E-state index contributed by atoms with van der Waals surface area (Å²) in [7, 11) is 1.28. The van der Waals surface area contributed by atoms with Gasteiger partial charge in [-0.05, 0) is 38.1 Å². The van der Waals surface area contributed by atoms with Gasteiger partial charge in [-0.2, -0.15) is 18.3 Å². The van der Waals surface area contributed by atoms with Crippen molar-refractivity contribution in [2.45, 2.75) is 37.9 Å². The Balaban J connectivity index is 1.69. The van der Waals surface area contributed by atoms with Crippen LogP contribution in [0.2, 0.25) is 0 Å². The largest absolute Gasteiger partial charge is 0.496 e. The third-order valence-electron chi connectivity index (χ3n) is 5.99. The fourth-order valence-electron chi connectivity index (χ4n) is 4.22. The van der Waals surface area contributed by atoms with Gasteiger partial charge in [0.2, 0.25) is 0 Å². The topological polar surface area (TPSA) is 115 Å². The maximum atomic E-state index is 14.6. The summed E-state index contributed by atoms with van der Waals surface area (Å²) >= 11 is 0. The summed E-state index contributed by atoms with van der Waals surface area (Å²) in [5, 5.41) is 6.35. The van der Waals surface area contributed by atoms with Crippen molar-refractivity contribution in [3.63, 3.8) is 0 Å². The van der Waals surface area contributed by atoms with Crippen LogP contribution in [0.4, 0.5) is 27.8 Å². The molecule has 37 heavy (non-hydrogen) atoms. The van der Waals surface area contributed by atoms with E-state index in [1.807, 2.05) is 0 Å². The predicted molar refractivity (Wildman–Crippen MR) is 122 cm³/mol. The molecule has 0 saturated carbocycles. The van der Waals surface area contributed by atoms with Crippen molar-refractivity contribution in [2.24, 2.45) is 0 Å². The summed E-state index contributed by atoms with van der Waals surface area (Å²) in [5.41, 5.74) is 2.00. The van der Waals surface area contributed by atoms with Crippen molar-refractivity contribution in [1.82, 2.24) is 24.8 Å². The molecular weight excluding hydrogens is 503 g/mol. The van der Waals surface area contributed by atoms with Crippen molar-refractivity contribution < 1.29 is 36.3 Å². The van der Waals surface area contributed by atoms with Crippen LogP contribution in [0.5, 0.6) is 5.75 Å². The van der Waals surface area contributed by atoms with Crippen molar-refractivity contribution in [3.05, 3.63) is 41.7 Å². The number of hydrogen-bond donors (Lipinski definition) is 2. The molecule has 1 saturated heterocycles. The highest BCUT2D eigenvalue weighted by molar-refractivity contribution is 5.98. The molecule has 9 nitrogen and oxygen atoms in total. The van der Waals surface area contributed by atoms with Gasteiger partial charge in [-0.3, -0.25) is 9.59 Å². The van der Waals surface area contributed by atoms with E-state index < -0.39 is 53.5 Å². The number of ether oxygens (including phenoxy) is 1. The first-order valence-corrected chi connectivity index (χ1v) is 11.0. The summed E-state index contributed by atoms with van der Waals surface area (Å²) in [6, 6.07) is 3.76. The molecule has 1 aromatic carbocycles. The summed E-state index contributed by atoms with van der Waals surface area (Å²) in [5.74, 6) is -2.02. The molecule has 3 aromatic rings. The van der Waals surface area contributed by atoms with E-state index in [9.17, 15) is 31.5 Å². The summed E-state index contributed by atoms with van der Waals surface area (Å²) < 4.78 is 75.9. The van der Waals surface area contributed by atoms with Gasteiger partial charge in [-0.25, -0.2) is 18.3 Å². The summed E-state index contributed by atoms with van der Waals surface area (Å²) in [6.45, 7) is 1.46. The normalized spacial score (nSPS) is 18.3. The fraction of sp³-hybridized carbons (Fsp3) is 0.391. The standard InChI is InChI=1S/C23H23F5N6O3/c1-22(2,25)21(36)33-8-14(24)15(9-33)32-20(35)12-6-11(4-5-17(12)37-3)16-7-13(23(26,27)28)18-19(29)30-10-31-34(16)18/h4-7,10,14-15H,8-9H2,1-3H3,(H,32,35)(H2,29,30,31)/t14-,15+/m0/s1. The SMILES string of the molecule is COc1ccc(-c2cc(C(F)(F)F)c3c(N)ncnn23)cc1C(=O)N[C@@H]1CN(C(=O)C(C)(C)F)C[C@@H]1F. The van der Waals surface area contributed by atoms with Crippen LogP contribution >= 0.6 is 0 Å². The second-order valence-corrected chi connectivity index (χ2v) is 9.04. The molecule has 0 spiro atoms. The van der Waals surface area contributed by atoms with Crippen LogP contribution in [0.25, 0.3) is 16.8 Å². The number of nitrogens with one attached hydrogen (secondary N) is 1. The van der Waals surface area contributed by atoms with Gasteiger partial charge in [0.1, 0.15) is 23.8 Å². The van der Waals surface area contributed by atoms with E-state index in [0.29, 0.717) is 0 Å². The van der Waals surface area contributed by atoms with Crippen molar-refractivity contribution in [3.8, 4) is 17.0 Å². The molecule has 198 valence electrons. The molecular formula is C23H23F5N6O3. The zero-order valence-electron chi connectivity index (χ0n) is 19.9. The quantitative estimate of drug-likeness (QED) is 0.494. The number of alkyl halides is 5. The minimum absolute atomic E-state index is 0.0284. The number of carbonyl (C=O) groups excluding carboxylic acids is 2. The Hall–Kier alpha value is -3.97. The van der Waals surface area contributed by atoms with E-state index in [1.165, 1.54) is 25.3 Å². The van der Waals surface area contributed by atoms with Crippen LogP contribution in [-0.4, -0.2) is 69.4 Å².